The van der Waals surface area contributed by atoms with Gasteiger partial charge >= 0.3 is 0 Å². The normalized spacial score (nSPS) is 24.6. The molecule has 0 bridgehead atoms. The van der Waals surface area contributed by atoms with Crippen LogP contribution in [0.1, 0.15) is 12.0 Å². The lowest BCUT2D eigenvalue weighted by molar-refractivity contribution is -0.114. The van der Waals surface area contributed by atoms with Gasteiger partial charge < -0.3 is 24.3 Å². The van der Waals surface area contributed by atoms with Crippen molar-refractivity contribution in [2.24, 2.45) is 0 Å². The molecule has 118 valence electrons. The minimum atomic E-state index is 0.0660. The van der Waals surface area contributed by atoms with E-state index in [4.69, 9.17) is 18.9 Å². The van der Waals surface area contributed by atoms with Crippen molar-refractivity contribution in [3.8, 4) is 5.75 Å². The van der Waals surface area contributed by atoms with Gasteiger partial charge in [0.1, 0.15) is 18.0 Å². The zero-order chi connectivity index (χ0) is 15.1. The van der Waals surface area contributed by atoms with Crippen molar-refractivity contribution < 1.29 is 18.9 Å². The summed E-state index contributed by atoms with van der Waals surface area (Å²) in [5.74, 6) is 0.865. The summed E-state index contributed by atoms with van der Waals surface area (Å²) in [4.78, 5) is 0. The van der Waals surface area contributed by atoms with Gasteiger partial charge in [0.25, 0.3) is 0 Å². The number of rotatable bonds is 9. The maximum Gasteiger partial charge on any atom is 0.128 e. The van der Waals surface area contributed by atoms with Gasteiger partial charge in [-0.25, -0.2) is 0 Å². The van der Waals surface area contributed by atoms with Crippen LogP contribution in [0.4, 0.5) is 0 Å². The molecule has 1 N–H and O–H groups in total. The predicted octanol–water partition coefficient (Wildman–Crippen LogP) is 1.60. The quantitative estimate of drug-likeness (QED) is 0.701. The Morgan fingerprint density at radius 3 is 2.76 bits per heavy atom. The van der Waals surface area contributed by atoms with E-state index in [0.29, 0.717) is 25.9 Å². The maximum absolute atomic E-state index is 6.05. The summed E-state index contributed by atoms with van der Waals surface area (Å²) < 4.78 is 22.1. The summed E-state index contributed by atoms with van der Waals surface area (Å²) >= 11 is 0. The van der Waals surface area contributed by atoms with Crippen molar-refractivity contribution in [3.63, 3.8) is 0 Å². The molecule has 1 aromatic carbocycles. The molecule has 0 radical (unpaired) electrons. The highest BCUT2D eigenvalue weighted by molar-refractivity contribution is 5.28. The summed E-state index contributed by atoms with van der Waals surface area (Å²) in [6.07, 6.45) is 1.09. The Bertz CT molecular complexity index is 426. The molecule has 1 saturated carbocycles. The predicted molar refractivity (Wildman–Crippen MR) is 80.7 cm³/mol. The van der Waals surface area contributed by atoms with Gasteiger partial charge in [0, 0.05) is 26.7 Å². The zero-order valence-electron chi connectivity index (χ0n) is 13.0. The molecule has 1 aliphatic rings. The molecule has 0 amide bonds. The van der Waals surface area contributed by atoms with E-state index < -0.39 is 0 Å². The molecule has 0 aromatic heterocycles. The second-order valence-corrected chi connectivity index (χ2v) is 5.20. The van der Waals surface area contributed by atoms with E-state index in [1.165, 1.54) is 0 Å². The third-order valence-electron chi connectivity index (χ3n) is 3.71. The van der Waals surface area contributed by atoms with Crippen molar-refractivity contribution in [3.05, 3.63) is 29.8 Å². The van der Waals surface area contributed by atoms with E-state index in [0.717, 1.165) is 17.7 Å². The first kappa shape index (κ1) is 16.2. The number of ether oxygens (including phenoxy) is 4. The average molecular weight is 295 g/mol. The van der Waals surface area contributed by atoms with E-state index in [9.17, 15) is 0 Å². The molecule has 2 rings (SSSR count). The summed E-state index contributed by atoms with van der Waals surface area (Å²) in [6.45, 7) is 1.78. The standard InChI is InChI=1S/C16H25NO4/c1-17-14-10-15(16(14)20-8-7-18-2)21-13-6-4-5-12(9-13)11-19-3/h4-6,9,14-17H,7-8,10-11H2,1-3H3. The van der Waals surface area contributed by atoms with Crippen LogP contribution < -0.4 is 10.1 Å². The third kappa shape index (κ3) is 4.41. The van der Waals surface area contributed by atoms with Crippen molar-refractivity contribution in [1.82, 2.24) is 5.32 Å². The van der Waals surface area contributed by atoms with Gasteiger partial charge in [0.2, 0.25) is 0 Å². The van der Waals surface area contributed by atoms with E-state index in [1.54, 1.807) is 14.2 Å². The van der Waals surface area contributed by atoms with E-state index in [1.807, 2.05) is 31.3 Å². The average Bonchev–Trinajstić information content (AvgIpc) is 2.48. The fourth-order valence-electron chi connectivity index (χ4n) is 2.52. The Hall–Kier alpha value is -1.14. The topological polar surface area (TPSA) is 49.0 Å². The lowest BCUT2D eigenvalue weighted by atomic mass is 9.85. The van der Waals surface area contributed by atoms with Gasteiger partial charge in [-0.1, -0.05) is 12.1 Å². The van der Waals surface area contributed by atoms with Gasteiger partial charge in [-0.15, -0.1) is 0 Å². The Labute approximate surface area is 126 Å². The second kappa shape index (κ2) is 8.34. The number of hydrogen-bond acceptors (Lipinski definition) is 5. The van der Waals surface area contributed by atoms with Crippen LogP contribution in [0.2, 0.25) is 0 Å². The number of methoxy groups -OCH3 is 2. The summed E-state index contributed by atoms with van der Waals surface area (Å²) in [7, 11) is 5.32. The second-order valence-electron chi connectivity index (χ2n) is 5.20. The fourth-order valence-corrected chi connectivity index (χ4v) is 2.52. The van der Waals surface area contributed by atoms with Gasteiger partial charge in [0.05, 0.1) is 19.8 Å². The van der Waals surface area contributed by atoms with E-state index in [2.05, 4.69) is 5.32 Å². The molecule has 1 aliphatic carbocycles. The summed E-state index contributed by atoms with van der Waals surface area (Å²) in [5, 5.41) is 3.26. The van der Waals surface area contributed by atoms with Crippen molar-refractivity contribution in [2.75, 3.05) is 34.5 Å². The van der Waals surface area contributed by atoms with Crippen molar-refractivity contribution >= 4 is 0 Å². The molecule has 1 fully saturated rings. The molecule has 0 spiro atoms. The number of hydrogen-bond donors (Lipinski definition) is 1. The number of nitrogens with one attached hydrogen (secondary N) is 1. The summed E-state index contributed by atoms with van der Waals surface area (Å²) in [6, 6.07) is 8.34. The molecular formula is C16H25NO4. The van der Waals surface area contributed by atoms with Crippen molar-refractivity contribution in [2.45, 2.75) is 31.3 Å². The molecule has 21 heavy (non-hydrogen) atoms. The van der Waals surface area contributed by atoms with Crippen LogP contribution in [0.3, 0.4) is 0 Å². The lowest BCUT2D eigenvalue weighted by Gasteiger charge is -2.43. The van der Waals surface area contributed by atoms with Gasteiger partial charge in [0.15, 0.2) is 0 Å². The molecule has 1 aromatic rings. The monoisotopic (exact) mass is 295 g/mol. The molecule has 3 atom stereocenters. The first-order valence-electron chi connectivity index (χ1n) is 7.30. The van der Waals surface area contributed by atoms with Gasteiger partial charge in [-0.2, -0.15) is 0 Å². The molecule has 0 aliphatic heterocycles. The first-order valence-corrected chi connectivity index (χ1v) is 7.30. The molecular weight excluding hydrogens is 270 g/mol. The molecule has 0 saturated heterocycles. The van der Waals surface area contributed by atoms with Crippen LogP contribution in [0.15, 0.2) is 24.3 Å². The fraction of sp³-hybridized carbons (Fsp3) is 0.625. The highest BCUT2D eigenvalue weighted by atomic mass is 16.6. The summed E-state index contributed by atoms with van der Waals surface area (Å²) in [5.41, 5.74) is 1.11. The maximum atomic E-state index is 6.05. The Morgan fingerprint density at radius 2 is 2.05 bits per heavy atom. The molecule has 0 heterocycles. The molecule has 5 heteroatoms. The Balaban J connectivity index is 1.90. The van der Waals surface area contributed by atoms with Crippen LogP contribution in [0, 0.1) is 0 Å². The van der Waals surface area contributed by atoms with E-state index in [-0.39, 0.29) is 12.2 Å². The van der Waals surface area contributed by atoms with Crippen LogP contribution in [0.5, 0.6) is 5.75 Å². The smallest absolute Gasteiger partial charge is 0.128 e. The van der Waals surface area contributed by atoms with E-state index >= 15 is 0 Å². The molecule has 5 nitrogen and oxygen atoms in total. The third-order valence-corrected chi connectivity index (χ3v) is 3.71. The zero-order valence-corrected chi connectivity index (χ0v) is 13.0. The minimum Gasteiger partial charge on any atom is -0.488 e. The Morgan fingerprint density at radius 1 is 1.19 bits per heavy atom. The first-order chi connectivity index (χ1) is 10.3. The van der Waals surface area contributed by atoms with Crippen LogP contribution in [-0.2, 0) is 20.8 Å². The SMILES string of the molecule is CNC1CC(Oc2cccc(COC)c2)C1OCCOC. The minimum absolute atomic E-state index is 0.0660. The van der Waals surface area contributed by atoms with Crippen LogP contribution in [0.25, 0.3) is 0 Å². The number of benzene rings is 1. The van der Waals surface area contributed by atoms with Crippen LogP contribution >= 0.6 is 0 Å². The number of likely N-dealkylation sites (N-methyl/N-ethyl adjacent to an activating group) is 1. The van der Waals surface area contributed by atoms with Crippen molar-refractivity contribution in [1.29, 1.82) is 0 Å². The van der Waals surface area contributed by atoms with Crippen LogP contribution in [-0.4, -0.2) is 52.7 Å². The molecule has 3 unspecified atom stereocenters. The highest BCUT2D eigenvalue weighted by Gasteiger charge is 2.43. The van der Waals surface area contributed by atoms with Gasteiger partial charge in [-0.05, 0) is 24.7 Å². The highest BCUT2D eigenvalue weighted by Crippen LogP contribution is 2.29. The van der Waals surface area contributed by atoms with Gasteiger partial charge in [-0.3, -0.25) is 0 Å². The Kier molecular flexibility index (Phi) is 6.45. The largest absolute Gasteiger partial charge is 0.488 e. The lowest BCUT2D eigenvalue weighted by Crippen LogP contribution is -2.60.